The van der Waals surface area contributed by atoms with Gasteiger partial charge in [-0.2, -0.15) is 5.10 Å². The van der Waals surface area contributed by atoms with Gasteiger partial charge in [-0.1, -0.05) is 19.3 Å². The van der Waals surface area contributed by atoms with E-state index in [1.165, 1.54) is 12.5 Å². The number of nitrogens with one attached hydrogen (secondary N) is 2. The lowest BCUT2D eigenvalue weighted by Crippen LogP contribution is -2.41. The highest BCUT2D eigenvalue weighted by molar-refractivity contribution is 5.97. The standard InChI is InChI=1S/C20H25N5O5/c1-2-25-18-14(11-22-25)17(23-12-6-4-3-5-7-12)13(10-21-18)15-8-20(19(28)29,30-24-15)9-16(26)27/h8,10-12,24H,2-7,9H2,1H3,(H,21,23)(H,26,27)(H,28,29)/t20-/m1/s1. The summed E-state index contributed by atoms with van der Waals surface area (Å²) in [5.41, 5.74) is 3.16. The number of carboxylic acids is 2. The first-order valence-electron chi connectivity index (χ1n) is 10.2. The van der Waals surface area contributed by atoms with Gasteiger partial charge in [-0.15, -0.1) is 0 Å². The topological polar surface area (TPSA) is 139 Å². The third-order valence-corrected chi connectivity index (χ3v) is 5.71. The molecular formula is C20H25N5O5. The van der Waals surface area contributed by atoms with E-state index in [1.54, 1.807) is 17.1 Å². The zero-order valence-electron chi connectivity index (χ0n) is 16.7. The molecule has 0 bridgehead atoms. The number of rotatable bonds is 7. The van der Waals surface area contributed by atoms with Crippen LogP contribution >= 0.6 is 0 Å². The lowest BCUT2D eigenvalue weighted by molar-refractivity contribution is -0.168. The lowest BCUT2D eigenvalue weighted by Gasteiger charge is -2.25. The van der Waals surface area contributed by atoms with E-state index >= 15 is 0 Å². The molecule has 3 heterocycles. The molecule has 160 valence electrons. The quantitative estimate of drug-likeness (QED) is 0.537. The van der Waals surface area contributed by atoms with Crippen molar-refractivity contribution in [3.8, 4) is 0 Å². The van der Waals surface area contributed by atoms with Gasteiger partial charge < -0.3 is 15.5 Å². The van der Waals surface area contributed by atoms with E-state index in [4.69, 9.17) is 9.94 Å². The first-order valence-corrected chi connectivity index (χ1v) is 10.2. The number of hydrogen-bond acceptors (Lipinski definition) is 7. The van der Waals surface area contributed by atoms with Crippen molar-refractivity contribution in [2.75, 3.05) is 5.32 Å². The molecule has 1 fully saturated rings. The molecular weight excluding hydrogens is 390 g/mol. The second-order valence-electron chi connectivity index (χ2n) is 7.75. The molecule has 10 heteroatoms. The van der Waals surface area contributed by atoms with Crippen LogP contribution in [0.4, 0.5) is 5.69 Å². The molecule has 1 aliphatic carbocycles. The monoisotopic (exact) mass is 415 g/mol. The van der Waals surface area contributed by atoms with Crippen LogP contribution in [0.25, 0.3) is 16.7 Å². The number of aliphatic carboxylic acids is 2. The van der Waals surface area contributed by atoms with Crippen LogP contribution in [0, 0.1) is 0 Å². The van der Waals surface area contributed by atoms with Gasteiger partial charge in [0, 0.05) is 24.3 Å². The molecule has 10 nitrogen and oxygen atoms in total. The summed E-state index contributed by atoms with van der Waals surface area (Å²) in [6.45, 7) is 2.65. The Morgan fingerprint density at radius 1 is 1.30 bits per heavy atom. The average Bonchev–Trinajstić information content (AvgIpc) is 3.33. The molecule has 2 aromatic rings. The van der Waals surface area contributed by atoms with Crippen molar-refractivity contribution < 1.29 is 24.6 Å². The summed E-state index contributed by atoms with van der Waals surface area (Å²) in [5, 5.41) is 27.6. The van der Waals surface area contributed by atoms with Crippen molar-refractivity contribution in [1.82, 2.24) is 20.2 Å². The van der Waals surface area contributed by atoms with Crippen LogP contribution in [0.2, 0.25) is 0 Å². The number of nitrogens with zero attached hydrogens (tertiary/aromatic N) is 3. The second-order valence-corrected chi connectivity index (χ2v) is 7.75. The fourth-order valence-electron chi connectivity index (χ4n) is 4.13. The molecule has 0 unspecified atom stereocenters. The van der Waals surface area contributed by atoms with Crippen molar-refractivity contribution in [3.05, 3.63) is 24.0 Å². The van der Waals surface area contributed by atoms with E-state index in [9.17, 15) is 14.7 Å². The molecule has 1 atom stereocenters. The van der Waals surface area contributed by atoms with Crippen LogP contribution in [0.1, 0.15) is 51.0 Å². The fraction of sp³-hybridized carbons (Fsp3) is 0.500. The average molecular weight is 415 g/mol. The third-order valence-electron chi connectivity index (χ3n) is 5.71. The number of carbonyl (C=O) groups is 2. The maximum Gasteiger partial charge on any atom is 0.343 e. The largest absolute Gasteiger partial charge is 0.481 e. The Bertz CT molecular complexity index is 1010. The van der Waals surface area contributed by atoms with Crippen molar-refractivity contribution in [2.45, 2.75) is 63.6 Å². The van der Waals surface area contributed by atoms with Crippen LogP contribution < -0.4 is 10.8 Å². The van der Waals surface area contributed by atoms with E-state index in [0.29, 0.717) is 23.8 Å². The van der Waals surface area contributed by atoms with Gasteiger partial charge in [0.25, 0.3) is 0 Å². The molecule has 1 aliphatic heterocycles. The summed E-state index contributed by atoms with van der Waals surface area (Å²) in [7, 11) is 0. The minimum atomic E-state index is -1.98. The number of anilines is 1. The third kappa shape index (κ3) is 3.58. The molecule has 0 amide bonds. The summed E-state index contributed by atoms with van der Waals surface area (Å²) in [6, 6.07) is 0.291. The molecule has 4 rings (SSSR count). The Balaban J connectivity index is 1.79. The minimum absolute atomic E-state index is 0.291. The number of pyridine rings is 1. The minimum Gasteiger partial charge on any atom is -0.481 e. The molecule has 4 N–H and O–H groups in total. The van der Waals surface area contributed by atoms with E-state index in [2.05, 4.69) is 20.9 Å². The highest BCUT2D eigenvalue weighted by Gasteiger charge is 2.46. The van der Waals surface area contributed by atoms with Crippen LogP contribution in [0.5, 0.6) is 0 Å². The van der Waals surface area contributed by atoms with Crippen LogP contribution in [-0.2, 0) is 21.0 Å². The van der Waals surface area contributed by atoms with Crippen molar-refractivity contribution in [2.24, 2.45) is 0 Å². The summed E-state index contributed by atoms with van der Waals surface area (Å²) < 4.78 is 1.80. The van der Waals surface area contributed by atoms with E-state index in [1.807, 2.05) is 6.92 Å². The number of carboxylic acid groups (broad SMARTS) is 2. The Morgan fingerprint density at radius 3 is 2.73 bits per heavy atom. The lowest BCUT2D eigenvalue weighted by atomic mass is 9.94. The molecule has 0 aromatic carbocycles. The molecule has 0 saturated heterocycles. The van der Waals surface area contributed by atoms with Crippen molar-refractivity contribution in [3.63, 3.8) is 0 Å². The molecule has 0 radical (unpaired) electrons. The van der Waals surface area contributed by atoms with Gasteiger partial charge in [0.05, 0.1) is 29.4 Å². The molecule has 2 aromatic heterocycles. The molecule has 1 saturated carbocycles. The predicted molar refractivity (Wildman–Crippen MR) is 109 cm³/mol. The number of hydrogen-bond donors (Lipinski definition) is 4. The summed E-state index contributed by atoms with van der Waals surface area (Å²) >= 11 is 0. The van der Waals surface area contributed by atoms with E-state index < -0.39 is 24.0 Å². The molecule has 30 heavy (non-hydrogen) atoms. The van der Waals surface area contributed by atoms with Crippen LogP contribution in [0.15, 0.2) is 18.5 Å². The predicted octanol–water partition coefficient (Wildman–Crippen LogP) is 2.37. The first kappa shape index (κ1) is 20.1. The number of aryl methyl sites for hydroxylation is 1. The summed E-state index contributed by atoms with van der Waals surface area (Å²) in [6.07, 6.45) is 9.62. The molecule has 0 spiro atoms. The van der Waals surface area contributed by atoms with Crippen molar-refractivity contribution in [1.29, 1.82) is 0 Å². The van der Waals surface area contributed by atoms with Gasteiger partial charge in [0.15, 0.2) is 5.65 Å². The zero-order chi connectivity index (χ0) is 21.3. The van der Waals surface area contributed by atoms with Crippen LogP contribution in [-0.4, -0.2) is 48.6 Å². The van der Waals surface area contributed by atoms with E-state index in [-0.39, 0.29) is 0 Å². The molecule has 2 aliphatic rings. The number of hydroxylamine groups is 1. The second kappa shape index (κ2) is 7.94. The Labute approximate surface area is 172 Å². The number of aromatic nitrogens is 3. The Hall–Kier alpha value is -3.14. The number of fused-ring (bicyclic) bond motifs is 1. The Morgan fingerprint density at radius 2 is 2.07 bits per heavy atom. The maximum absolute atomic E-state index is 11.8. The van der Waals surface area contributed by atoms with Gasteiger partial charge in [-0.05, 0) is 25.8 Å². The van der Waals surface area contributed by atoms with Gasteiger partial charge in [-0.3, -0.25) is 15.1 Å². The van der Waals surface area contributed by atoms with Gasteiger partial charge in [0.1, 0.15) is 0 Å². The fourth-order valence-corrected chi connectivity index (χ4v) is 4.13. The Kier molecular flexibility index (Phi) is 5.33. The maximum atomic E-state index is 11.8. The highest BCUT2D eigenvalue weighted by atomic mass is 16.7. The van der Waals surface area contributed by atoms with Crippen molar-refractivity contribution >= 4 is 34.4 Å². The summed E-state index contributed by atoms with van der Waals surface area (Å²) in [5.74, 6) is -2.64. The van der Waals surface area contributed by atoms with E-state index in [0.717, 1.165) is 42.4 Å². The smallest absolute Gasteiger partial charge is 0.343 e. The normalized spacial score (nSPS) is 22.0. The highest BCUT2D eigenvalue weighted by Crippen LogP contribution is 2.36. The van der Waals surface area contributed by atoms with Gasteiger partial charge >= 0.3 is 11.9 Å². The SMILES string of the molecule is CCn1ncc2c(NC3CCCCC3)c(C3=C[C@@](CC(=O)O)(C(=O)O)ON3)cnc21. The van der Waals surface area contributed by atoms with Crippen LogP contribution in [0.3, 0.4) is 0 Å². The van der Waals surface area contributed by atoms with Gasteiger partial charge in [0.2, 0.25) is 5.60 Å². The summed E-state index contributed by atoms with van der Waals surface area (Å²) in [4.78, 5) is 32.8. The zero-order valence-corrected chi connectivity index (χ0v) is 16.7. The first-order chi connectivity index (χ1) is 14.4. The van der Waals surface area contributed by atoms with Gasteiger partial charge in [-0.25, -0.2) is 14.5 Å².